The summed E-state index contributed by atoms with van der Waals surface area (Å²) in [5.41, 5.74) is 3.16. The number of hydrogen-bond donors (Lipinski definition) is 0. The van der Waals surface area contributed by atoms with E-state index in [1.54, 1.807) is 48.9 Å². The average molecular weight is 481 g/mol. The zero-order valence-electron chi connectivity index (χ0n) is 20.0. The summed E-state index contributed by atoms with van der Waals surface area (Å²) >= 11 is 0. The van der Waals surface area contributed by atoms with Gasteiger partial charge >= 0.3 is 0 Å². The standard InChI is InChI=1S/C27H32N2O4S/c1-21-6-4-7-22(18-21)20-28-16-14-23(15-17-28)29(24-8-5-9-26(19-24)33-3)34(30,31)27-12-10-25(32-2)11-13-27/h4-13,18-19,23H,14-17,20H2,1-3H3. The molecule has 1 fully saturated rings. The van der Waals surface area contributed by atoms with E-state index in [1.807, 2.05) is 18.2 Å². The molecule has 4 rings (SSSR count). The Bertz CT molecular complexity index is 1200. The number of likely N-dealkylation sites (tertiary alicyclic amines) is 1. The number of methoxy groups -OCH3 is 2. The first-order valence-electron chi connectivity index (χ1n) is 11.5. The van der Waals surface area contributed by atoms with Crippen LogP contribution in [-0.2, 0) is 16.6 Å². The van der Waals surface area contributed by atoms with Gasteiger partial charge in [0.05, 0.1) is 24.8 Å². The molecule has 0 aromatic heterocycles. The van der Waals surface area contributed by atoms with Gasteiger partial charge in [-0.25, -0.2) is 8.42 Å². The molecule has 34 heavy (non-hydrogen) atoms. The highest BCUT2D eigenvalue weighted by molar-refractivity contribution is 7.92. The molecular weight excluding hydrogens is 448 g/mol. The molecule has 3 aromatic rings. The summed E-state index contributed by atoms with van der Waals surface area (Å²) in [4.78, 5) is 2.65. The van der Waals surface area contributed by atoms with Crippen LogP contribution in [0.4, 0.5) is 5.69 Å². The number of piperidine rings is 1. The van der Waals surface area contributed by atoms with Gasteiger partial charge in [0.2, 0.25) is 0 Å². The number of nitrogens with zero attached hydrogens (tertiary/aromatic N) is 2. The van der Waals surface area contributed by atoms with E-state index >= 15 is 0 Å². The van der Waals surface area contributed by atoms with Crippen molar-refractivity contribution in [2.24, 2.45) is 0 Å². The predicted octanol–water partition coefficient (Wildman–Crippen LogP) is 4.87. The van der Waals surface area contributed by atoms with Crippen LogP contribution in [0.3, 0.4) is 0 Å². The van der Waals surface area contributed by atoms with Crippen LogP contribution in [0, 0.1) is 6.92 Å². The van der Waals surface area contributed by atoms with Gasteiger partial charge in [-0.1, -0.05) is 35.9 Å². The lowest BCUT2D eigenvalue weighted by Gasteiger charge is -2.39. The van der Waals surface area contributed by atoms with Crippen molar-refractivity contribution in [3.8, 4) is 11.5 Å². The highest BCUT2D eigenvalue weighted by Crippen LogP contribution is 2.33. The summed E-state index contributed by atoms with van der Waals surface area (Å²) in [6, 6.07) is 22.3. The van der Waals surface area contributed by atoms with Crippen molar-refractivity contribution < 1.29 is 17.9 Å². The molecule has 180 valence electrons. The fourth-order valence-corrected chi connectivity index (χ4v) is 6.24. The predicted molar refractivity (Wildman–Crippen MR) is 135 cm³/mol. The number of hydrogen-bond acceptors (Lipinski definition) is 5. The zero-order chi connectivity index (χ0) is 24.1. The molecule has 0 bridgehead atoms. The molecule has 0 unspecified atom stereocenters. The molecule has 0 atom stereocenters. The molecule has 3 aromatic carbocycles. The molecule has 7 heteroatoms. The maximum absolute atomic E-state index is 13.9. The van der Waals surface area contributed by atoms with Crippen LogP contribution >= 0.6 is 0 Å². The minimum Gasteiger partial charge on any atom is -0.497 e. The van der Waals surface area contributed by atoms with Gasteiger partial charge in [0.15, 0.2) is 0 Å². The van der Waals surface area contributed by atoms with Crippen molar-refractivity contribution in [3.05, 3.63) is 83.9 Å². The smallest absolute Gasteiger partial charge is 0.264 e. The third-order valence-electron chi connectivity index (χ3n) is 6.30. The van der Waals surface area contributed by atoms with E-state index in [9.17, 15) is 8.42 Å². The lowest BCUT2D eigenvalue weighted by molar-refractivity contribution is 0.206. The summed E-state index contributed by atoms with van der Waals surface area (Å²) in [7, 11) is -0.627. The van der Waals surface area contributed by atoms with E-state index in [-0.39, 0.29) is 10.9 Å². The van der Waals surface area contributed by atoms with Gasteiger partial charge in [-0.2, -0.15) is 0 Å². The van der Waals surface area contributed by atoms with Gasteiger partial charge in [0.25, 0.3) is 10.0 Å². The molecule has 1 aliphatic rings. The maximum atomic E-state index is 13.9. The molecule has 0 amide bonds. The lowest BCUT2D eigenvalue weighted by Crippen LogP contribution is -2.47. The molecule has 1 aliphatic heterocycles. The third kappa shape index (κ3) is 5.37. The first kappa shape index (κ1) is 24.1. The number of anilines is 1. The summed E-state index contributed by atoms with van der Waals surface area (Å²) in [5, 5.41) is 0. The van der Waals surface area contributed by atoms with Crippen LogP contribution in [0.2, 0.25) is 0 Å². The topological polar surface area (TPSA) is 59.1 Å². The van der Waals surface area contributed by atoms with E-state index in [4.69, 9.17) is 9.47 Å². The van der Waals surface area contributed by atoms with Crippen molar-refractivity contribution >= 4 is 15.7 Å². The van der Waals surface area contributed by atoms with Crippen molar-refractivity contribution in [2.75, 3.05) is 31.6 Å². The average Bonchev–Trinajstić information content (AvgIpc) is 2.85. The second kappa shape index (κ2) is 10.5. The Morgan fingerprint density at radius 1 is 0.882 bits per heavy atom. The third-order valence-corrected chi connectivity index (χ3v) is 8.20. The Morgan fingerprint density at radius 3 is 2.21 bits per heavy atom. The van der Waals surface area contributed by atoms with Crippen molar-refractivity contribution in [2.45, 2.75) is 37.2 Å². The maximum Gasteiger partial charge on any atom is 0.264 e. The molecule has 6 nitrogen and oxygen atoms in total. The Labute approximate surface area is 202 Å². The molecule has 0 N–H and O–H groups in total. The van der Waals surface area contributed by atoms with Gasteiger partial charge in [0.1, 0.15) is 11.5 Å². The van der Waals surface area contributed by atoms with Crippen LogP contribution in [0.1, 0.15) is 24.0 Å². The molecule has 0 spiro atoms. The summed E-state index contributed by atoms with van der Waals surface area (Å²) in [5.74, 6) is 1.25. The Balaban J connectivity index is 1.59. The first-order chi connectivity index (χ1) is 16.4. The molecule has 1 heterocycles. The van der Waals surface area contributed by atoms with Crippen LogP contribution in [-0.4, -0.2) is 46.7 Å². The Morgan fingerprint density at radius 2 is 1.56 bits per heavy atom. The number of rotatable bonds is 8. The van der Waals surface area contributed by atoms with Gasteiger partial charge in [-0.15, -0.1) is 0 Å². The quantitative estimate of drug-likeness (QED) is 0.460. The van der Waals surface area contributed by atoms with Gasteiger partial charge in [-0.3, -0.25) is 9.21 Å². The largest absolute Gasteiger partial charge is 0.497 e. The molecule has 0 radical (unpaired) electrons. The number of aryl methyl sites for hydroxylation is 1. The lowest BCUT2D eigenvalue weighted by atomic mass is 10.0. The van der Waals surface area contributed by atoms with Crippen LogP contribution in [0.15, 0.2) is 77.7 Å². The van der Waals surface area contributed by atoms with Crippen LogP contribution in [0.25, 0.3) is 0 Å². The fourth-order valence-electron chi connectivity index (χ4n) is 4.54. The highest BCUT2D eigenvalue weighted by atomic mass is 32.2. The van der Waals surface area contributed by atoms with E-state index in [0.29, 0.717) is 17.2 Å². The first-order valence-corrected chi connectivity index (χ1v) is 12.9. The Kier molecular flexibility index (Phi) is 7.44. The van der Waals surface area contributed by atoms with Crippen LogP contribution < -0.4 is 13.8 Å². The monoisotopic (exact) mass is 480 g/mol. The number of sulfonamides is 1. The summed E-state index contributed by atoms with van der Waals surface area (Å²) in [6.07, 6.45) is 1.50. The van der Waals surface area contributed by atoms with Crippen molar-refractivity contribution in [3.63, 3.8) is 0 Å². The molecule has 0 saturated carbocycles. The molecule has 0 aliphatic carbocycles. The Hall–Kier alpha value is -3.03. The minimum absolute atomic E-state index is 0.145. The summed E-state index contributed by atoms with van der Waals surface area (Å²) in [6.45, 7) is 4.64. The second-order valence-corrected chi connectivity index (χ2v) is 10.5. The normalized spacial score (nSPS) is 15.1. The van der Waals surface area contributed by atoms with Crippen molar-refractivity contribution in [1.29, 1.82) is 0 Å². The van der Waals surface area contributed by atoms with Gasteiger partial charge in [0, 0.05) is 31.7 Å². The minimum atomic E-state index is -3.78. The van der Waals surface area contributed by atoms with E-state index in [2.05, 4.69) is 36.1 Å². The van der Waals surface area contributed by atoms with Crippen LogP contribution in [0.5, 0.6) is 11.5 Å². The molecule has 1 saturated heterocycles. The number of benzene rings is 3. The fraction of sp³-hybridized carbons (Fsp3) is 0.333. The van der Waals surface area contributed by atoms with Crippen molar-refractivity contribution in [1.82, 2.24) is 4.90 Å². The van der Waals surface area contributed by atoms with E-state index in [0.717, 1.165) is 32.5 Å². The van der Waals surface area contributed by atoms with E-state index in [1.165, 1.54) is 11.1 Å². The SMILES string of the molecule is COc1ccc(S(=O)(=O)N(c2cccc(OC)c2)C2CCN(Cc3cccc(C)c3)CC2)cc1. The highest BCUT2D eigenvalue weighted by Gasteiger charge is 2.34. The zero-order valence-corrected chi connectivity index (χ0v) is 20.8. The summed E-state index contributed by atoms with van der Waals surface area (Å²) < 4.78 is 39.9. The number of ether oxygens (including phenoxy) is 2. The van der Waals surface area contributed by atoms with Gasteiger partial charge in [-0.05, 0) is 61.7 Å². The molecular formula is C27H32N2O4S. The van der Waals surface area contributed by atoms with E-state index < -0.39 is 10.0 Å². The second-order valence-electron chi connectivity index (χ2n) is 8.67. The van der Waals surface area contributed by atoms with Gasteiger partial charge < -0.3 is 9.47 Å².